The summed E-state index contributed by atoms with van der Waals surface area (Å²) in [6, 6.07) is 9.13. The molecule has 18 heavy (non-hydrogen) atoms. The van der Waals surface area contributed by atoms with Crippen LogP contribution in [0.15, 0.2) is 30.3 Å². The normalized spacial score (nSPS) is 11.9. The highest BCUT2D eigenvalue weighted by molar-refractivity contribution is 5.96. The maximum atomic E-state index is 11.8. The van der Waals surface area contributed by atoms with Gasteiger partial charge in [0.1, 0.15) is 0 Å². The number of esters is 1. The molecule has 0 fully saturated rings. The Hall–Kier alpha value is -1.64. The third-order valence-electron chi connectivity index (χ3n) is 2.79. The molecule has 1 aromatic rings. The van der Waals surface area contributed by atoms with E-state index in [1.165, 1.54) is 0 Å². The molecule has 1 aromatic carbocycles. The molecule has 98 valence electrons. The Balaban J connectivity index is 2.26. The van der Waals surface area contributed by atoms with Gasteiger partial charge in [-0.05, 0) is 19.8 Å². The van der Waals surface area contributed by atoms with Gasteiger partial charge in [0.25, 0.3) is 0 Å². The van der Waals surface area contributed by atoms with Gasteiger partial charge in [0.15, 0.2) is 5.78 Å². The van der Waals surface area contributed by atoms with Crippen LogP contribution in [0.4, 0.5) is 0 Å². The highest BCUT2D eigenvalue weighted by atomic mass is 16.5. The van der Waals surface area contributed by atoms with Gasteiger partial charge in [-0.1, -0.05) is 37.3 Å². The summed E-state index contributed by atoms with van der Waals surface area (Å²) in [7, 11) is 0. The molecule has 0 aliphatic carbocycles. The summed E-state index contributed by atoms with van der Waals surface area (Å²) in [5.41, 5.74) is 0.702. The summed E-state index contributed by atoms with van der Waals surface area (Å²) in [6.45, 7) is 3.84. The van der Waals surface area contributed by atoms with E-state index in [9.17, 15) is 9.59 Å². The van der Waals surface area contributed by atoms with E-state index in [4.69, 9.17) is 4.74 Å². The fraction of sp³-hybridized carbons (Fsp3) is 0.467. The molecule has 0 radical (unpaired) electrons. The van der Waals surface area contributed by atoms with Crippen LogP contribution in [0.2, 0.25) is 0 Å². The summed E-state index contributed by atoms with van der Waals surface area (Å²) in [5.74, 6) is -0.142. The molecular formula is C15H20O3. The Morgan fingerprint density at radius 1 is 1.17 bits per heavy atom. The van der Waals surface area contributed by atoms with Gasteiger partial charge in [-0.3, -0.25) is 9.59 Å². The van der Waals surface area contributed by atoms with Crippen molar-refractivity contribution < 1.29 is 14.3 Å². The number of rotatable bonds is 7. The smallest absolute Gasteiger partial charge is 0.306 e. The zero-order valence-electron chi connectivity index (χ0n) is 11.0. The molecule has 0 aliphatic rings. The van der Waals surface area contributed by atoms with Crippen molar-refractivity contribution in [1.29, 1.82) is 0 Å². The summed E-state index contributed by atoms with van der Waals surface area (Å²) in [6.07, 6.45) is 2.02. The molecule has 0 bridgehead atoms. The van der Waals surface area contributed by atoms with Gasteiger partial charge in [0.2, 0.25) is 0 Å². The second-order valence-corrected chi connectivity index (χ2v) is 4.35. The Kier molecular flexibility index (Phi) is 6.12. The van der Waals surface area contributed by atoms with E-state index in [0.717, 1.165) is 6.42 Å². The van der Waals surface area contributed by atoms with Crippen LogP contribution in [0, 0.1) is 0 Å². The number of benzene rings is 1. The summed E-state index contributed by atoms with van der Waals surface area (Å²) in [5, 5.41) is 0. The van der Waals surface area contributed by atoms with Crippen molar-refractivity contribution in [3.05, 3.63) is 35.9 Å². The average molecular weight is 248 g/mol. The minimum absolute atomic E-state index is 0.0395. The number of Topliss-reactive ketones (excluding diaryl/α,β-unsaturated/α-hetero) is 1. The molecule has 3 nitrogen and oxygen atoms in total. The molecule has 1 atom stereocenters. The second kappa shape index (κ2) is 7.64. The van der Waals surface area contributed by atoms with E-state index in [1.54, 1.807) is 12.1 Å². The molecule has 0 amide bonds. The van der Waals surface area contributed by atoms with Crippen LogP contribution < -0.4 is 0 Å². The van der Waals surface area contributed by atoms with Crippen LogP contribution in [0.25, 0.3) is 0 Å². The highest BCUT2D eigenvalue weighted by Gasteiger charge is 2.10. The lowest BCUT2D eigenvalue weighted by Crippen LogP contribution is -2.13. The van der Waals surface area contributed by atoms with Crippen LogP contribution in [0.3, 0.4) is 0 Å². The zero-order chi connectivity index (χ0) is 13.4. The van der Waals surface area contributed by atoms with Crippen molar-refractivity contribution >= 4 is 11.8 Å². The average Bonchev–Trinajstić information content (AvgIpc) is 2.39. The van der Waals surface area contributed by atoms with Gasteiger partial charge in [-0.25, -0.2) is 0 Å². The fourth-order valence-electron chi connectivity index (χ4n) is 1.53. The first-order valence-electron chi connectivity index (χ1n) is 6.41. The zero-order valence-corrected chi connectivity index (χ0v) is 11.0. The van der Waals surface area contributed by atoms with Crippen LogP contribution >= 0.6 is 0 Å². The molecule has 0 heterocycles. The number of ether oxygens (including phenoxy) is 1. The van der Waals surface area contributed by atoms with E-state index < -0.39 is 0 Å². The van der Waals surface area contributed by atoms with Crippen molar-refractivity contribution in [2.45, 2.75) is 45.6 Å². The maximum absolute atomic E-state index is 11.8. The molecule has 0 N–H and O–H groups in total. The number of carbonyl (C=O) groups excluding carboxylic acids is 2. The Labute approximate surface area is 108 Å². The first-order chi connectivity index (χ1) is 8.63. The van der Waals surface area contributed by atoms with Crippen LogP contribution in [-0.2, 0) is 9.53 Å². The SMILES string of the molecule is CCC(C)OC(=O)CCCC(=O)c1ccccc1. The van der Waals surface area contributed by atoms with E-state index in [1.807, 2.05) is 32.0 Å². The molecule has 3 heteroatoms. The van der Waals surface area contributed by atoms with E-state index in [-0.39, 0.29) is 17.9 Å². The number of hydrogen-bond donors (Lipinski definition) is 0. The second-order valence-electron chi connectivity index (χ2n) is 4.35. The van der Waals surface area contributed by atoms with Crippen LogP contribution in [0.1, 0.15) is 49.9 Å². The lowest BCUT2D eigenvalue weighted by Gasteiger charge is -2.10. The standard InChI is InChI=1S/C15H20O3/c1-3-12(2)18-15(17)11-7-10-14(16)13-8-5-4-6-9-13/h4-6,8-9,12H,3,7,10-11H2,1-2H3. The fourth-order valence-corrected chi connectivity index (χ4v) is 1.53. The lowest BCUT2D eigenvalue weighted by molar-refractivity contribution is -0.148. The summed E-state index contributed by atoms with van der Waals surface area (Å²) < 4.78 is 5.14. The third kappa shape index (κ3) is 5.13. The monoisotopic (exact) mass is 248 g/mol. The van der Waals surface area contributed by atoms with Crippen LogP contribution in [-0.4, -0.2) is 17.9 Å². The van der Waals surface area contributed by atoms with Gasteiger partial charge in [-0.15, -0.1) is 0 Å². The molecule has 0 saturated carbocycles. The molecule has 1 rings (SSSR count). The van der Waals surface area contributed by atoms with Gasteiger partial charge < -0.3 is 4.74 Å². The Bertz CT molecular complexity index is 384. The summed E-state index contributed by atoms with van der Waals surface area (Å²) in [4.78, 5) is 23.1. The van der Waals surface area contributed by atoms with Crippen molar-refractivity contribution in [3.63, 3.8) is 0 Å². The predicted molar refractivity (Wildman–Crippen MR) is 70.5 cm³/mol. The molecule has 0 aromatic heterocycles. The predicted octanol–water partition coefficient (Wildman–Crippen LogP) is 3.38. The van der Waals surface area contributed by atoms with Crippen molar-refractivity contribution in [3.8, 4) is 0 Å². The topological polar surface area (TPSA) is 43.4 Å². The minimum atomic E-state index is -0.217. The maximum Gasteiger partial charge on any atom is 0.306 e. The minimum Gasteiger partial charge on any atom is -0.463 e. The quantitative estimate of drug-likeness (QED) is 0.549. The third-order valence-corrected chi connectivity index (χ3v) is 2.79. The molecule has 1 unspecified atom stereocenters. The van der Waals surface area contributed by atoms with Gasteiger partial charge in [-0.2, -0.15) is 0 Å². The number of carbonyl (C=O) groups is 2. The summed E-state index contributed by atoms with van der Waals surface area (Å²) >= 11 is 0. The Morgan fingerprint density at radius 2 is 1.83 bits per heavy atom. The first kappa shape index (κ1) is 14.4. The van der Waals surface area contributed by atoms with Crippen molar-refractivity contribution in [2.75, 3.05) is 0 Å². The van der Waals surface area contributed by atoms with Crippen molar-refractivity contribution in [2.24, 2.45) is 0 Å². The molecule has 0 aliphatic heterocycles. The van der Waals surface area contributed by atoms with E-state index in [0.29, 0.717) is 24.8 Å². The number of ketones is 1. The van der Waals surface area contributed by atoms with Crippen molar-refractivity contribution in [1.82, 2.24) is 0 Å². The lowest BCUT2D eigenvalue weighted by atomic mass is 10.1. The van der Waals surface area contributed by atoms with Gasteiger partial charge in [0, 0.05) is 18.4 Å². The van der Waals surface area contributed by atoms with Gasteiger partial charge >= 0.3 is 5.97 Å². The Morgan fingerprint density at radius 3 is 2.44 bits per heavy atom. The highest BCUT2D eigenvalue weighted by Crippen LogP contribution is 2.08. The molecule has 0 spiro atoms. The molecular weight excluding hydrogens is 228 g/mol. The van der Waals surface area contributed by atoms with Crippen LogP contribution in [0.5, 0.6) is 0 Å². The first-order valence-corrected chi connectivity index (χ1v) is 6.41. The largest absolute Gasteiger partial charge is 0.463 e. The number of hydrogen-bond acceptors (Lipinski definition) is 3. The van der Waals surface area contributed by atoms with E-state index >= 15 is 0 Å². The molecule has 0 saturated heterocycles. The van der Waals surface area contributed by atoms with Gasteiger partial charge in [0.05, 0.1) is 6.10 Å². The van der Waals surface area contributed by atoms with E-state index in [2.05, 4.69) is 0 Å².